The van der Waals surface area contributed by atoms with Crippen LogP contribution in [-0.4, -0.2) is 13.1 Å². The smallest absolute Gasteiger partial charge is 0.337 e. The molecular formula is C12H13NO2. The lowest BCUT2D eigenvalue weighted by atomic mass is 9.98. The Kier molecular flexibility index (Phi) is 3.46. The molecule has 0 atom stereocenters. The maximum Gasteiger partial charge on any atom is 0.337 e. The van der Waals surface area contributed by atoms with Gasteiger partial charge in [-0.2, -0.15) is 5.26 Å². The minimum absolute atomic E-state index is 0.317. The molecule has 0 aliphatic heterocycles. The van der Waals surface area contributed by atoms with Crippen molar-refractivity contribution < 1.29 is 9.53 Å². The van der Waals surface area contributed by atoms with Crippen LogP contribution in [-0.2, 0) is 11.2 Å². The average molecular weight is 203 g/mol. The molecule has 0 radical (unpaired) electrons. The molecule has 0 heterocycles. The van der Waals surface area contributed by atoms with Gasteiger partial charge in [0.15, 0.2) is 0 Å². The summed E-state index contributed by atoms with van der Waals surface area (Å²) in [4.78, 5) is 11.3. The zero-order valence-corrected chi connectivity index (χ0v) is 9.13. The molecule has 0 amide bonds. The number of nitrogens with zero attached hydrogens (tertiary/aromatic N) is 1. The normalized spacial score (nSPS) is 9.47. The zero-order chi connectivity index (χ0) is 11.4. The van der Waals surface area contributed by atoms with Gasteiger partial charge in [0, 0.05) is 0 Å². The molecule has 0 N–H and O–H groups in total. The minimum Gasteiger partial charge on any atom is -0.465 e. The van der Waals surface area contributed by atoms with Gasteiger partial charge in [-0.15, -0.1) is 0 Å². The number of carbonyl (C=O) groups is 1. The Morgan fingerprint density at radius 1 is 1.47 bits per heavy atom. The van der Waals surface area contributed by atoms with Gasteiger partial charge < -0.3 is 4.74 Å². The van der Waals surface area contributed by atoms with E-state index in [4.69, 9.17) is 5.26 Å². The van der Waals surface area contributed by atoms with E-state index in [1.807, 2.05) is 13.8 Å². The molecule has 1 aromatic carbocycles. The summed E-state index contributed by atoms with van der Waals surface area (Å²) in [7, 11) is 1.35. The molecule has 15 heavy (non-hydrogen) atoms. The molecule has 1 rings (SSSR count). The van der Waals surface area contributed by atoms with Gasteiger partial charge in [-0.25, -0.2) is 4.79 Å². The number of nitriles is 1. The van der Waals surface area contributed by atoms with Crippen LogP contribution >= 0.6 is 0 Å². The molecule has 0 aliphatic rings. The summed E-state index contributed by atoms with van der Waals surface area (Å²) < 4.78 is 4.64. The van der Waals surface area contributed by atoms with Crippen molar-refractivity contribution >= 4 is 5.97 Å². The van der Waals surface area contributed by atoms with Crippen LogP contribution in [0.5, 0.6) is 0 Å². The molecule has 0 aromatic heterocycles. The summed E-state index contributed by atoms with van der Waals surface area (Å²) in [6.07, 6.45) is 0.317. The van der Waals surface area contributed by atoms with E-state index in [0.29, 0.717) is 12.0 Å². The Morgan fingerprint density at radius 2 is 2.13 bits per heavy atom. The molecule has 0 spiro atoms. The van der Waals surface area contributed by atoms with E-state index in [2.05, 4.69) is 10.8 Å². The van der Waals surface area contributed by atoms with Crippen LogP contribution in [0.25, 0.3) is 0 Å². The predicted molar refractivity (Wildman–Crippen MR) is 56.6 cm³/mol. The van der Waals surface area contributed by atoms with Crippen molar-refractivity contribution in [2.24, 2.45) is 0 Å². The topological polar surface area (TPSA) is 50.1 Å². The van der Waals surface area contributed by atoms with E-state index in [1.54, 1.807) is 12.1 Å². The fourth-order valence-electron chi connectivity index (χ4n) is 1.44. The first kappa shape index (κ1) is 11.3. The highest BCUT2D eigenvalue weighted by molar-refractivity contribution is 5.90. The van der Waals surface area contributed by atoms with Crippen LogP contribution in [0.1, 0.15) is 27.0 Å². The molecule has 0 aliphatic carbocycles. The van der Waals surface area contributed by atoms with E-state index in [1.165, 1.54) is 7.11 Å². The Hall–Kier alpha value is -1.82. The van der Waals surface area contributed by atoms with Crippen molar-refractivity contribution in [3.8, 4) is 6.07 Å². The van der Waals surface area contributed by atoms with Crippen LogP contribution in [0.3, 0.4) is 0 Å². The largest absolute Gasteiger partial charge is 0.465 e. The van der Waals surface area contributed by atoms with Crippen LogP contribution < -0.4 is 0 Å². The number of esters is 1. The number of carbonyl (C=O) groups excluding carboxylic acids is 1. The molecule has 0 unspecified atom stereocenters. The lowest BCUT2D eigenvalue weighted by Crippen LogP contribution is -2.04. The molecule has 78 valence electrons. The van der Waals surface area contributed by atoms with Crippen LogP contribution in [0, 0.1) is 25.2 Å². The average Bonchev–Trinajstić information content (AvgIpc) is 2.23. The maximum atomic E-state index is 11.3. The first-order valence-electron chi connectivity index (χ1n) is 4.65. The summed E-state index contributed by atoms with van der Waals surface area (Å²) in [5.41, 5.74) is 3.45. The highest BCUT2D eigenvalue weighted by Gasteiger charge is 2.10. The Balaban J connectivity index is 3.24. The third-order valence-corrected chi connectivity index (χ3v) is 2.47. The summed E-state index contributed by atoms with van der Waals surface area (Å²) in [6.45, 7) is 3.87. The standard InChI is InChI=1S/C12H13NO2/c1-8-6-11(12(14)15-3)7-10(4-5-13)9(8)2/h6-7H,4H2,1-3H3. The van der Waals surface area contributed by atoms with E-state index in [0.717, 1.165) is 16.7 Å². The number of rotatable bonds is 2. The molecule has 0 saturated heterocycles. The summed E-state index contributed by atoms with van der Waals surface area (Å²) in [5, 5.41) is 8.66. The number of aryl methyl sites for hydroxylation is 1. The highest BCUT2D eigenvalue weighted by Crippen LogP contribution is 2.17. The zero-order valence-electron chi connectivity index (χ0n) is 9.13. The molecule has 1 aromatic rings. The van der Waals surface area contributed by atoms with Gasteiger partial charge in [0.1, 0.15) is 0 Å². The van der Waals surface area contributed by atoms with E-state index in [-0.39, 0.29) is 5.97 Å². The van der Waals surface area contributed by atoms with E-state index in [9.17, 15) is 4.79 Å². The van der Waals surface area contributed by atoms with E-state index >= 15 is 0 Å². The third kappa shape index (κ3) is 2.35. The van der Waals surface area contributed by atoms with Gasteiger partial charge in [0.25, 0.3) is 0 Å². The predicted octanol–water partition coefficient (Wildman–Crippen LogP) is 2.16. The van der Waals surface area contributed by atoms with Gasteiger partial charge in [-0.3, -0.25) is 0 Å². The lowest BCUT2D eigenvalue weighted by Gasteiger charge is -2.08. The van der Waals surface area contributed by atoms with Gasteiger partial charge >= 0.3 is 5.97 Å². The second kappa shape index (κ2) is 4.61. The number of hydrogen-bond donors (Lipinski definition) is 0. The quantitative estimate of drug-likeness (QED) is 0.692. The van der Waals surface area contributed by atoms with Crippen LogP contribution in [0.4, 0.5) is 0 Å². The molecule has 0 fully saturated rings. The fourth-order valence-corrected chi connectivity index (χ4v) is 1.44. The lowest BCUT2D eigenvalue weighted by molar-refractivity contribution is 0.0600. The van der Waals surface area contributed by atoms with Crippen LogP contribution in [0.2, 0.25) is 0 Å². The van der Waals surface area contributed by atoms with E-state index < -0.39 is 0 Å². The molecule has 3 nitrogen and oxygen atoms in total. The Bertz CT molecular complexity index is 430. The molecule has 0 saturated carbocycles. The number of benzene rings is 1. The third-order valence-electron chi connectivity index (χ3n) is 2.47. The van der Waals surface area contributed by atoms with Crippen LogP contribution in [0.15, 0.2) is 12.1 Å². The first-order chi connectivity index (χ1) is 7.10. The highest BCUT2D eigenvalue weighted by atomic mass is 16.5. The summed E-state index contributed by atoms with van der Waals surface area (Å²) in [5.74, 6) is -0.364. The van der Waals surface area contributed by atoms with Gasteiger partial charge in [0.05, 0.1) is 25.2 Å². The molecule has 0 bridgehead atoms. The minimum atomic E-state index is -0.364. The van der Waals surface area contributed by atoms with Crippen molar-refractivity contribution in [3.05, 3.63) is 34.4 Å². The second-order valence-electron chi connectivity index (χ2n) is 3.40. The molecule has 3 heteroatoms. The number of ether oxygens (including phenoxy) is 1. The van der Waals surface area contributed by atoms with Crippen molar-refractivity contribution in [1.29, 1.82) is 5.26 Å². The monoisotopic (exact) mass is 203 g/mol. The Morgan fingerprint density at radius 3 is 2.67 bits per heavy atom. The SMILES string of the molecule is COC(=O)c1cc(C)c(C)c(CC#N)c1. The number of methoxy groups -OCH3 is 1. The van der Waals surface area contributed by atoms with Gasteiger partial charge in [0.2, 0.25) is 0 Å². The summed E-state index contributed by atoms with van der Waals surface area (Å²) in [6, 6.07) is 5.58. The second-order valence-corrected chi connectivity index (χ2v) is 3.40. The first-order valence-corrected chi connectivity index (χ1v) is 4.65. The molecular weight excluding hydrogens is 190 g/mol. The van der Waals surface area contributed by atoms with Crippen molar-refractivity contribution in [3.63, 3.8) is 0 Å². The fraction of sp³-hybridized carbons (Fsp3) is 0.333. The van der Waals surface area contributed by atoms with Gasteiger partial charge in [-0.05, 0) is 42.7 Å². The maximum absolute atomic E-state index is 11.3. The van der Waals surface area contributed by atoms with Crippen molar-refractivity contribution in [2.75, 3.05) is 7.11 Å². The van der Waals surface area contributed by atoms with Crippen molar-refractivity contribution in [1.82, 2.24) is 0 Å². The number of hydrogen-bond acceptors (Lipinski definition) is 3. The van der Waals surface area contributed by atoms with Gasteiger partial charge in [-0.1, -0.05) is 0 Å². The Labute approximate surface area is 89.3 Å². The summed E-state index contributed by atoms with van der Waals surface area (Å²) >= 11 is 0. The van der Waals surface area contributed by atoms with Crippen molar-refractivity contribution in [2.45, 2.75) is 20.3 Å².